The van der Waals surface area contributed by atoms with E-state index in [1.54, 1.807) is 13.2 Å². The van der Waals surface area contributed by atoms with Gasteiger partial charge in [-0.1, -0.05) is 12.1 Å². The molecule has 0 aliphatic rings. The Balaban J connectivity index is 2.18. The Morgan fingerprint density at radius 2 is 2.00 bits per heavy atom. The predicted octanol–water partition coefficient (Wildman–Crippen LogP) is 2.16. The molecule has 0 saturated heterocycles. The van der Waals surface area contributed by atoms with Gasteiger partial charge in [-0.25, -0.2) is 10.2 Å². The van der Waals surface area contributed by atoms with Gasteiger partial charge in [0, 0.05) is 5.56 Å². The van der Waals surface area contributed by atoms with Gasteiger partial charge in [0.25, 0.3) is 16.3 Å². The molecular weight excluding hydrogens is 292 g/mol. The summed E-state index contributed by atoms with van der Waals surface area (Å²) in [6.07, 6.45) is 0. The molecule has 0 spiro atoms. The second kappa shape index (κ2) is 5.33. The Bertz CT molecular complexity index is 896. The number of aromatic amines is 2. The number of nitrogens with one attached hydrogen (secondary N) is 2. The van der Waals surface area contributed by atoms with E-state index in [0.717, 1.165) is 5.56 Å². The van der Waals surface area contributed by atoms with Crippen LogP contribution in [0.15, 0.2) is 39.5 Å². The first-order chi connectivity index (χ1) is 10.2. The lowest BCUT2D eigenvalue weighted by Gasteiger charge is -2.07. The van der Waals surface area contributed by atoms with E-state index in [2.05, 4.69) is 20.4 Å². The summed E-state index contributed by atoms with van der Waals surface area (Å²) in [4.78, 5) is 12.0. The molecule has 0 amide bonds. The number of methoxy groups -OCH3 is 1. The first-order valence-corrected chi connectivity index (χ1v) is 6.39. The summed E-state index contributed by atoms with van der Waals surface area (Å²) in [7, 11) is 1.57. The number of rotatable bonds is 3. The molecule has 0 aliphatic carbocycles. The number of aromatic nitrogens is 4. The lowest BCUT2D eigenvalue weighted by molar-refractivity contribution is 0.416. The van der Waals surface area contributed by atoms with Crippen LogP contribution in [-0.4, -0.2) is 27.5 Å². The minimum absolute atomic E-state index is 0.0973. The fourth-order valence-electron chi connectivity index (χ4n) is 1.90. The Labute approximate surface area is 123 Å². The predicted molar refractivity (Wildman–Crippen MR) is 77.5 cm³/mol. The van der Waals surface area contributed by atoms with E-state index >= 15 is 0 Å². The van der Waals surface area contributed by atoms with E-state index in [9.17, 15) is 4.79 Å². The van der Waals surface area contributed by atoms with Gasteiger partial charge in [0.1, 0.15) is 11.3 Å². The highest BCUT2D eigenvalue weighted by Gasteiger charge is 2.14. The van der Waals surface area contributed by atoms with Gasteiger partial charge in [0.2, 0.25) is 0 Å². The van der Waals surface area contributed by atoms with Crippen molar-refractivity contribution in [1.82, 2.24) is 20.4 Å². The van der Waals surface area contributed by atoms with Crippen molar-refractivity contribution in [1.29, 1.82) is 0 Å². The second-order valence-corrected chi connectivity index (χ2v) is 4.49. The van der Waals surface area contributed by atoms with Crippen LogP contribution in [0.3, 0.4) is 0 Å². The molecule has 0 fully saturated rings. The van der Waals surface area contributed by atoms with Crippen molar-refractivity contribution in [3.05, 3.63) is 45.5 Å². The minimum atomic E-state index is -0.418. The first-order valence-electron chi connectivity index (χ1n) is 5.98. The molecule has 0 bridgehead atoms. The van der Waals surface area contributed by atoms with Gasteiger partial charge in [-0.2, -0.15) is 5.10 Å². The van der Waals surface area contributed by atoms with Crippen LogP contribution in [0.25, 0.3) is 22.7 Å². The van der Waals surface area contributed by atoms with Crippen LogP contribution in [0, 0.1) is 4.84 Å². The summed E-state index contributed by atoms with van der Waals surface area (Å²) in [5.74, 6) is 0.755. The van der Waals surface area contributed by atoms with E-state index in [0.29, 0.717) is 11.4 Å². The zero-order valence-electron chi connectivity index (χ0n) is 10.9. The largest absolute Gasteiger partial charge is 0.496 e. The molecule has 3 rings (SSSR count). The van der Waals surface area contributed by atoms with Crippen LogP contribution < -0.4 is 10.3 Å². The molecule has 8 heteroatoms. The second-order valence-electron chi connectivity index (χ2n) is 4.11. The zero-order chi connectivity index (χ0) is 14.8. The number of hydrogen-bond donors (Lipinski definition) is 2. The van der Waals surface area contributed by atoms with E-state index in [1.165, 1.54) is 0 Å². The average Bonchev–Trinajstić information content (AvgIpc) is 2.94. The van der Waals surface area contributed by atoms with Crippen molar-refractivity contribution in [3.8, 4) is 28.5 Å². The highest BCUT2D eigenvalue weighted by molar-refractivity contribution is 7.71. The maximum atomic E-state index is 11.9. The number of H-pyrrole nitrogens is 2. The summed E-state index contributed by atoms with van der Waals surface area (Å²) >= 11 is 4.81. The third-order valence-corrected chi connectivity index (χ3v) is 3.03. The van der Waals surface area contributed by atoms with Gasteiger partial charge < -0.3 is 9.15 Å². The van der Waals surface area contributed by atoms with Crippen molar-refractivity contribution in [3.63, 3.8) is 0 Å². The van der Waals surface area contributed by atoms with Crippen LogP contribution in [0.5, 0.6) is 5.75 Å². The van der Waals surface area contributed by atoms with Gasteiger partial charge in [-0.15, -0.1) is 5.10 Å². The monoisotopic (exact) mass is 302 g/mol. The number of nitrogens with zero attached hydrogens (tertiary/aromatic N) is 2. The summed E-state index contributed by atoms with van der Waals surface area (Å²) in [5, 5.41) is 12.8. The first kappa shape index (κ1) is 13.3. The standard InChI is InChI=1S/C13H10N4O3S/c1-19-10-5-3-2-4-7(10)9-6-8(11(18)15-14-9)12-16-17-13(21)20-12/h2-6H,1H3,(H,15,18)(H,17,21). The lowest BCUT2D eigenvalue weighted by Crippen LogP contribution is -2.11. The highest BCUT2D eigenvalue weighted by Crippen LogP contribution is 2.28. The topological polar surface area (TPSA) is 96.8 Å². The molecule has 21 heavy (non-hydrogen) atoms. The van der Waals surface area contributed by atoms with Gasteiger partial charge in [0.15, 0.2) is 0 Å². The third kappa shape index (κ3) is 2.48. The Kier molecular flexibility index (Phi) is 3.36. The van der Waals surface area contributed by atoms with Gasteiger partial charge >= 0.3 is 0 Å². The molecule has 0 saturated carbocycles. The number of ether oxygens (including phenoxy) is 1. The van der Waals surface area contributed by atoms with Crippen molar-refractivity contribution in [2.75, 3.05) is 7.11 Å². The molecule has 0 unspecified atom stereocenters. The van der Waals surface area contributed by atoms with E-state index in [1.807, 2.05) is 24.3 Å². The quantitative estimate of drug-likeness (QED) is 0.720. The van der Waals surface area contributed by atoms with Crippen LogP contribution >= 0.6 is 12.2 Å². The van der Waals surface area contributed by atoms with Crippen LogP contribution in [0.1, 0.15) is 0 Å². The summed E-state index contributed by atoms with van der Waals surface area (Å²) in [6.45, 7) is 0. The maximum absolute atomic E-state index is 11.9. The van der Waals surface area contributed by atoms with Crippen LogP contribution in [0.2, 0.25) is 0 Å². The summed E-state index contributed by atoms with van der Waals surface area (Å²) < 4.78 is 10.5. The highest BCUT2D eigenvalue weighted by atomic mass is 32.1. The molecular formula is C13H10N4O3S. The smallest absolute Gasteiger partial charge is 0.284 e. The molecule has 1 aromatic carbocycles. The normalized spacial score (nSPS) is 10.5. The summed E-state index contributed by atoms with van der Waals surface area (Å²) in [5.41, 5.74) is 1.09. The average molecular weight is 302 g/mol. The number of para-hydroxylation sites is 1. The fourth-order valence-corrected chi connectivity index (χ4v) is 2.03. The maximum Gasteiger partial charge on any atom is 0.284 e. The van der Waals surface area contributed by atoms with E-state index in [4.69, 9.17) is 21.4 Å². The molecule has 106 valence electrons. The van der Waals surface area contributed by atoms with Crippen LogP contribution in [0.4, 0.5) is 0 Å². The fraction of sp³-hybridized carbons (Fsp3) is 0.0769. The van der Waals surface area contributed by atoms with E-state index in [-0.39, 0.29) is 16.3 Å². The Hall–Kier alpha value is -2.74. The molecule has 3 aromatic rings. The molecule has 0 atom stereocenters. The van der Waals surface area contributed by atoms with Gasteiger partial charge in [0.05, 0.1) is 12.8 Å². The minimum Gasteiger partial charge on any atom is -0.496 e. The van der Waals surface area contributed by atoms with Gasteiger partial charge in [-0.3, -0.25) is 4.79 Å². The SMILES string of the molecule is COc1ccccc1-c1cc(-c2n[nH]c(=S)o2)c(=O)[nH]n1. The molecule has 0 radical (unpaired) electrons. The van der Waals surface area contributed by atoms with Crippen molar-refractivity contribution < 1.29 is 9.15 Å². The molecule has 7 nitrogen and oxygen atoms in total. The lowest BCUT2D eigenvalue weighted by atomic mass is 10.1. The van der Waals surface area contributed by atoms with Crippen molar-refractivity contribution >= 4 is 12.2 Å². The van der Waals surface area contributed by atoms with Gasteiger partial charge in [-0.05, 0) is 30.4 Å². The number of hydrogen-bond acceptors (Lipinski definition) is 6. The van der Waals surface area contributed by atoms with Crippen molar-refractivity contribution in [2.45, 2.75) is 0 Å². The summed E-state index contributed by atoms with van der Waals surface area (Å²) in [6, 6.07) is 8.92. The Morgan fingerprint density at radius 3 is 2.71 bits per heavy atom. The van der Waals surface area contributed by atoms with Crippen LogP contribution in [-0.2, 0) is 0 Å². The number of benzene rings is 1. The van der Waals surface area contributed by atoms with Crippen molar-refractivity contribution in [2.24, 2.45) is 0 Å². The molecule has 2 aromatic heterocycles. The molecule has 0 aliphatic heterocycles. The zero-order valence-corrected chi connectivity index (χ0v) is 11.7. The molecule has 2 N–H and O–H groups in total. The Morgan fingerprint density at radius 1 is 1.19 bits per heavy atom. The third-order valence-electron chi connectivity index (χ3n) is 2.86. The molecule has 2 heterocycles. The van der Waals surface area contributed by atoms with E-state index < -0.39 is 5.56 Å².